The minimum absolute atomic E-state index is 0.194. The largest absolute Gasteiger partial charge is 0.154 e. The molecule has 4 heteroatoms. The van der Waals surface area contributed by atoms with Gasteiger partial charge in [-0.1, -0.05) is 31.8 Å². The lowest BCUT2D eigenvalue weighted by Crippen LogP contribution is -2.34. The van der Waals surface area contributed by atoms with Gasteiger partial charge in [-0.25, -0.2) is 0 Å². The molecular formula is C8H14Cl2SSi. The monoisotopic (exact) mass is 240 g/mol. The zero-order valence-electron chi connectivity index (χ0n) is 7.60. The molecule has 0 aliphatic rings. The van der Waals surface area contributed by atoms with E-state index in [2.05, 4.69) is 37.2 Å². The molecule has 0 bridgehead atoms. The molecule has 0 fully saturated rings. The fourth-order valence-corrected chi connectivity index (χ4v) is 3.38. The highest BCUT2D eigenvalue weighted by molar-refractivity contribution is 7.25. The summed E-state index contributed by atoms with van der Waals surface area (Å²) in [7, 11) is -0.963. The highest BCUT2D eigenvalue weighted by Gasteiger charge is 2.16. The number of halogens is 2. The van der Waals surface area contributed by atoms with Crippen LogP contribution in [0.2, 0.25) is 19.6 Å². The predicted octanol–water partition coefficient (Wildman–Crippen LogP) is 3.71. The summed E-state index contributed by atoms with van der Waals surface area (Å²) < 4.78 is 1.60. The van der Waals surface area contributed by atoms with Crippen LogP contribution in [0.3, 0.4) is 0 Å². The lowest BCUT2D eigenvalue weighted by Gasteiger charge is -2.11. The van der Waals surface area contributed by atoms with E-state index in [1.54, 1.807) is 4.50 Å². The van der Waals surface area contributed by atoms with Gasteiger partial charge < -0.3 is 0 Å². The Balaban J connectivity index is 0.000000354. The molecule has 1 aromatic heterocycles. The predicted molar refractivity (Wildman–Crippen MR) is 63.9 cm³/mol. The van der Waals surface area contributed by atoms with Crippen molar-refractivity contribution in [1.29, 1.82) is 0 Å². The fourth-order valence-electron chi connectivity index (χ4n) is 0.705. The quantitative estimate of drug-likeness (QED) is 0.519. The number of hydrogen-bond donors (Lipinski definition) is 0. The van der Waals surface area contributed by atoms with Gasteiger partial charge in [-0.3, -0.25) is 0 Å². The number of hydrogen-bond acceptors (Lipinski definition) is 1. The van der Waals surface area contributed by atoms with Gasteiger partial charge in [0, 0.05) is 0 Å². The average Bonchev–Trinajstić information content (AvgIpc) is 2.36. The van der Waals surface area contributed by atoms with Crippen molar-refractivity contribution in [2.75, 3.05) is 5.34 Å². The summed E-state index contributed by atoms with van der Waals surface area (Å²) in [5.74, 6) is 0. The molecule has 0 N–H and O–H groups in total. The van der Waals surface area contributed by atoms with Crippen molar-refractivity contribution in [1.82, 2.24) is 0 Å². The third kappa shape index (κ3) is 5.20. The molecule has 0 unspecified atom stereocenters. The Bertz CT molecular complexity index is 191. The van der Waals surface area contributed by atoms with Gasteiger partial charge in [0.1, 0.15) is 0 Å². The summed E-state index contributed by atoms with van der Waals surface area (Å²) >= 11 is 11.4. The van der Waals surface area contributed by atoms with E-state index in [4.69, 9.17) is 23.2 Å². The standard InChI is InChI=1S/C7H12SSi.CH2Cl2/c1-9(2,3)7-5-4-6-8-7;2-1-3/h4-6H,1-3H3;1H2. The molecule has 0 aromatic carbocycles. The highest BCUT2D eigenvalue weighted by Crippen LogP contribution is 2.05. The molecule has 0 radical (unpaired) electrons. The zero-order valence-corrected chi connectivity index (χ0v) is 10.9. The summed E-state index contributed by atoms with van der Waals surface area (Å²) in [6, 6.07) is 4.38. The summed E-state index contributed by atoms with van der Waals surface area (Å²) in [5.41, 5.74) is 0. The molecule has 0 atom stereocenters. The van der Waals surface area contributed by atoms with Gasteiger partial charge in [0.05, 0.1) is 13.4 Å². The molecule has 0 spiro atoms. The van der Waals surface area contributed by atoms with Crippen LogP contribution in [-0.4, -0.2) is 13.4 Å². The van der Waals surface area contributed by atoms with E-state index in [9.17, 15) is 0 Å². The summed E-state index contributed by atoms with van der Waals surface area (Å²) in [6.07, 6.45) is 0. The van der Waals surface area contributed by atoms with Crippen molar-refractivity contribution < 1.29 is 0 Å². The zero-order chi connectivity index (χ0) is 9.61. The van der Waals surface area contributed by atoms with Gasteiger partial charge in [0.25, 0.3) is 0 Å². The summed E-state index contributed by atoms with van der Waals surface area (Å²) in [5, 5.41) is 2.35. The normalized spacial score (nSPS) is 10.4. The van der Waals surface area contributed by atoms with Crippen LogP contribution >= 0.6 is 34.5 Å². The Hall–Kier alpha value is 0.497. The van der Waals surface area contributed by atoms with E-state index in [1.165, 1.54) is 0 Å². The molecule has 0 nitrogen and oxygen atoms in total. The fraction of sp³-hybridized carbons (Fsp3) is 0.500. The van der Waals surface area contributed by atoms with E-state index < -0.39 is 8.07 Å². The maximum atomic E-state index is 4.76. The van der Waals surface area contributed by atoms with Crippen LogP contribution in [-0.2, 0) is 0 Å². The second-order valence-corrected chi connectivity index (χ2v) is 10.5. The van der Waals surface area contributed by atoms with Crippen LogP contribution in [0.15, 0.2) is 17.5 Å². The maximum absolute atomic E-state index is 4.76. The summed E-state index contributed by atoms with van der Waals surface area (Å²) in [6.45, 7) is 7.12. The second kappa shape index (κ2) is 6.03. The minimum atomic E-state index is -0.963. The number of rotatable bonds is 1. The third-order valence-electron chi connectivity index (χ3n) is 1.26. The van der Waals surface area contributed by atoms with Crippen molar-refractivity contribution in [2.24, 2.45) is 0 Å². The van der Waals surface area contributed by atoms with Crippen molar-refractivity contribution in [2.45, 2.75) is 19.6 Å². The van der Waals surface area contributed by atoms with E-state index in [1.807, 2.05) is 11.3 Å². The van der Waals surface area contributed by atoms with Crippen LogP contribution in [0, 0.1) is 0 Å². The van der Waals surface area contributed by atoms with Crippen molar-refractivity contribution >= 4 is 47.1 Å². The van der Waals surface area contributed by atoms with E-state index in [-0.39, 0.29) is 5.34 Å². The Morgan fingerprint density at radius 2 is 1.83 bits per heavy atom. The lowest BCUT2D eigenvalue weighted by atomic mass is 10.7. The topological polar surface area (TPSA) is 0 Å². The molecule has 1 heterocycles. The molecule has 0 saturated heterocycles. The SMILES string of the molecule is C[Si](C)(C)c1cccs1.ClCCl. The second-order valence-electron chi connectivity index (χ2n) is 3.33. The van der Waals surface area contributed by atoms with Crippen LogP contribution < -0.4 is 4.50 Å². The summed E-state index contributed by atoms with van der Waals surface area (Å²) in [4.78, 5) is 0. The van der Waals surface area contributed by atoms with Gasteiger partial charge in [-0.05, 0) is 9.88 Å². The molecule has 1 aromatic rings. The minimum Gasteiger partial charge on any atom is -0.154 e. The van der Waals surface area contributed by atoms with Crippen molar-refractivity contribution in [3.05, 3.63) is 17.5 Å². The van der Waals surface area contributed by atoms with Gasteiger partial charge >= 0.3 is 0 Å². The molecule has 1 rings (SSSR count). The number of alkyl halides is 2. The van der Waals surface area contributed by atoms with Crippen molar-refractivity contribution in [3.8, 4) is 0 Å². The Kier molecular flexibility index (Phi) is 6.28. The molecule has 70 valence electrons. The smallest absolute Gasteiger partial charge is 0.0967 e. The Morgan fingerprint density at radius 1 is 1.33 bits per heavy atom. The first-order valence-corrected chi connectivity index (χ1v) is 9.13. The molecule has 0 saturated carbocycles. The van der Waals surface area contributed by atoms with Crippen LogP contribution in [0.1, 0.15) is 0 Å². The lowest BCUT2D eigenvalue weighted by molar-refractivity contribution is 1.79. The van der Waals surface area contributed by atoms with Crippen molar-refractivity contribution in [3.63, 3.8) is 0 Å². The molecule has 0 aliphatic carbocycles. The highest BCUT2D eigenvalue weighted by atomic mass is 35.5. The van der Waals surface area contributed by atoms with Crippen LogP contribution in [0.25, 0.3) is 0 Å². The van der Waals surface area contributed by atoms with Crippen LogP contribution in [0.4, 0.5) is 0 Å². The Morgan fingerprint density at radius 3 is 2.00 bits per heavy atom. The van der Waals surface area contributed by atoms with Gasteiger partial charge in [-0.2, -0.15) is 11.3 Å². The first-order chi connectivity index (χ1) is 5.52. The third-order valence-corrected chi connectivity index (χ3v) is 5.78. The van der Waals surface area contributed by atoms with E-state index in [0.717, 1.165) is 0 Å². The van der Waals surface area contributed by atoms with Gasteiger partial charge in [0.15, 0.2) is 0 Å². The van der Waals surface area contributed by atoms with Crippen LogP contribution in [0.5, 0.6) is 0 Å². The molecule has 12 heavy (non-hydrogen) atoms. The first-order valence-electron chi connectivity index (χ1n) is 3.68. The molecule has 0 amide bonds. The Labute approximate surface area is 89.5 Å². The first kappa shape index (κ1) is 12.5. The van der Waals surface area contributed by atoms with Gasteiger partial charge in [-0.15, -0.1) is 23.2 Å². The van der Waals surface area contributed by atoms with E-state index in [0.29, 0.717) is 0 Å². The number of thiophene rings is 1. The maximum Gasteiger partial charge on any atom is 0.0967 e. The van der Waals surface area contributed by atoms with Gasteiger partial charge in [0.2, 0.25) is 0 Å². The van der Waals surface area contributed by atoms with E-state index >= 15 is 0 Å². The molecular weight excluding hydrogens is 227 g/mol. The average molecular weight is 241 g/mol. The molecule has 0 aliphatic heterocycles.